The van der Waals surface area contributed by atoms with Crippen LogP contribution in [0.2, 0.25) is 0 Å². The van der Waals surface area contributed by atoms with Gasteiger partial charge in [0, 0.05) is 6.42 Å². The van der Waals surface area contributed by atoms with Crippen LogP contribution in [0.1, 0.15) is 40.5 Å². The number of nitrogens with two attached hydrogens (primary N) is 1. The van der Waals surface area contributed by atoms with Gasteiger partial charge in [0.05, 0.1) is 13.2 Å². The number of esters is 2. The second kappa shape index (κ2) is 11.1. The van der Waals surface area contributed by atoms with Crippen LogP contribution < -0.4 is 5.73 Å². The molecule has 0 saturated heterocycles. The van der Waals surface area contributed by atoms with E-state index in [1.54, 1.807) is 0 Å². The number of carbonyl (C=O) groups is 2. The molecule has 6 heteroatoms. The first-order valence-electron chi connectivity index (χ1n) is 6.40. The quantitative estimate of drug-likeness (QED) is 0.692. The Morgan fingerprint density at radius 3 is 1.95 bits per heavy atom. The summed E-state index contributed by atoms with van der Waals surface area (Å²) in [5.41, 5.74) is 5.63. The SMILES string of the molecule is CC(C)COC(=O)CC[C@@H](N)C(=O)OCC(C)C.Cl. The zero-order chi connectivity index (χ0) is 14.1. The molecule has 0 amide bonds. The third-order valence-corrected chi connectivity index (χ3v) is 2.10. The van der Waals surface area contributed by atoms with Gasteiger partial charge < -0.3 is 15.2 Å². The minimum Gasteiger partial charge on any atom is -0.465 e. The Balaban J connectivity index is 0. The molecule has 114 valence electrons. The van der Waals surface area contributed by atoms with Gasteiger partial charge in [-0.15, -0.1) is 12.4 Å². The molecular formula is C13H26ClNO4. The minimum absolute atomic E-state index is 0. The minimum atomic E-state index is -0.754. The summed E-state index contributed by atoms with van der Waals surface area (Å²) in [5.74, 6) is -0.202. The summed E-state index contributed by atoms with van der Waals surface area (Å²) in [4.78, 5) is 22.7. The van der Waals surface area contributed by atoms with Gasteiger partial charge in [-0.2, -0.15) is 0 Å². The lowest BCUT2D eigenvalue weighted by Gasteiger charge is -2.13. The van der Waals surface area contributed by atoms with E-state index in [1.165, 1.54) is 0 Å². The molecule has 0 spiro atoms. The van der Waals surface area contributed by atoms with Crippen LogP contribution in [-0.2, 0) is 19.1 Å². The average Bonchev–Trinajstić information content (AvgIpc) is 2.30. The van der Waals surface area contributed by atoms with Gasteiger partial charge in [-0.25, -0.2) is 0 Å². The molecule has 1 atom stereocenters. The Morgan fingerprint density at radius 2 is 1.47 bits per heavy atom. The Hall–Kier alpha value is -0.810. The highest BCUT2D eigenvalue weighted by Gasteiger charge is 2.17. The third-order valence-electron chi connectivity index (χ3n) is 2.10. The molecule has 0 unspecified atom stereocenters. The van der Waals surface area contributed by atoms with Crippen molar-refractivity contribution >= 4 is 24.3 Å². The molecule has 0 saturated carbocycles. The zero-order valence-electron chi connectivity index (χ0n) is 12.2. The van der Waals surface area contributed by atoms with Crippen LogP contribution in [0.3, 0.4) is 0 Å². The summed E-state index contributed by atoms with van der Waals surface area (Å²) >= 11 is 0. The van der Waals surface area contributed by atoms with Gasteiger partial charge in [0.25, 0.3) is 0 Å². The maximum Gasteiger partial charge on any atom is 0.322 e. The van der Waals surface area contributed by atoms with E-state index >= 15 is 0 Å². The van der Waals surface area contributed by atoms with Gasteiger partial charge in [0.1, 0.15) is 6.04 Å². The van der Waals surface area contributed by atoms with Gasteiger partial charge in [-0.1, -0.05) is 27.7 Å². The monoisotopic (exact) mass is 295 g/mol. The first-order chi connectivity index (χ1) is 8.32. The largest absolute Gasteiger partial charge is 0.465 e. The fourth-order valence-corrected chi connectivity index (χ4v) is 1.08. The second-order valence-corrected chi connectivity index (χ2v) is 5.25. The van der Waals surface area contributed by atoms with Gasteiger partial charge in [-0.3, -0.25) is 9.59 Å². The molecule has 0 heterocycles. The average molecular weight is 296 g/mol. The summed E-state index contributed by atoms with van der Waals surface area (Å²) in [5, 5.41) is 0. The highest BCUT2D eigenvalue weighted by atomic mass is 35.5. The van der Waals surface area contributed by atoms with Crippen molar-refractivity contribution < 1.29 is 19.1 Å². The third kappa shape index (κ3) is 12.0. The molecule has 0 radical (unpaired) electrons. The molecule has 0 bridgehead atoms. The van der Waals surface area contributed by atoms with Crippen LogP contribution in [0.4, 0.5) is 0 Å². The summed E-state index contributed by atoms with van der Waals surface area (Å²) in [7, 11) is 0. The maximum absolute atomic E-state index is 11.4. The fraction of sp³-hybridized carbons (Fsp3) is 0.846. The van der Waals surface area contributed by atoms with Crippen molar-refractivity contribution in [1.82, 2.24) is 0 Å². The first kappa shape index (κ1) is 20.5. The lowest BCUT2D eigenvalue weighted by Crippen LogP contribution is -2.33. The number of ether oxygens (including phenoxy) is 2. The van der Waals surface area contributed by atoms with Crippen molar-refractivity contribution in [3.8, 4) is 0 Å². The molecule has 0 aliphatic rings. The molecule has 0 aromatic carbocycles. The van der Waals surface area contributed by atoms with E-state index in [0.717, 1.165) is 0 Å². The molecule has 2 N–H and O–H groups in total. The Labute approximate surface area is 121 Å². The number of hydrogen-bond donors (Lipinski definition) is 1. The molecular weight excluding hydrogens is 270 g/mol. The molecule has 0 aromatic heterocycles. The predicted octanol–water partition coefficient (Wildman–Crippen LogP) is 1.91. The van der Waals surface area contributed by atoms with Crippen molar-refractivity contribution in [2.75, 3.05) is 13.2 Å². The van der Waals surface area contributed by atoms with E-state index in [4.69, 9.17) is 15.2 Å². The molecule has 0 aliphatic carbocycles. The number of carbonyl (C=O) groups excluding carboxylic acids is 2. The van der Waals surface area contributed by atoms with Crippen molar-refractivity contribution in [3.63, 3.8) is 0 Å². The normalized spacial score (nSPS) is 11.9. The Morgan fingerprint density at radius 1 is 1.00 bits per heavy atom. The molecule has 5 nitrogen and oxygen atoms in total. The van der Waals surface area contributed by atoms with Crippen LogP contribution in [-0.4, -0.2) is 31.2 Å². The molecule has 0 aliphatic heterocycles. The molecule has 0 rings (SSSR count). The van der Waals surface area contributed by atoms with E-state index in [-0.39, 0.29) is 37.1 Å². The molecule has 0 fully saturated rings. The topological polar surface area (TPSA) is 78.6 Å². The Kier molecular flexibility index (Phi) is 11.9. The lowest BCUT2D eigenvalue weighted by molar-refractivity contribution is -0.147. The first-order valence-corrected chi connectivity index (χ1v) is 6.40. The van der Waals surface area contributed by atoms with Gasteiger partial charge in [0.15, 0.2) is 0 Å². The predicted molar refractivity (Wildman–Crippen MR) is 76.1 cm³/mol. The fourth-order valence-electron chi connectivity index (χ4n) is 1.08. The van der Waals surface area contributed by atoms with Crippen LogP contribution in [0.25, 0.3) is 0 Å². The molecule has 0 aromatic rings. The van der Waals surface area contributed by atoms with E-state index in [2.05, 4.69) is 0 Å². The van der Waals surface area contributed by atoms with Crippen molar-refractivity contribution in [3.05, 3.63) is 0 Å². The standard InChI is InChI=1S/C13H25NO4.ClH/c1-9(2)7-17-12(15)6-5-11(14)13(16)18-8-10(3)4;/h9-11H,5-8,14H2,1-4H3;1H/t11-;/m1./s1. The van der Waals surface area contributed by atoms with E-state index in [0.29, 0.717) is 19.1 Å². The summed E-state index contributed by atoms with van der Waals surface area (Å²) in [6, 6.07) is -0.754. The number of rotatable bonds is 8. The van der Waals surface area contributed by atoms with Crippen LogP contribution in [0.15, 0.2) is 0 Å². The van der Waals surface area contributed by atoms with Crippen LogP contribution >= 0.6 is 12.4 Å². The summed E-state index contributed by atoms with van der Waals surface area (Å²) in [6.45, 7) is 8.56. The smallest absolute Gasteiger partial charge is 0.322 e. The Bertz CT molecular complexity index is 269. The van der Waals surface area contributed by atoms with Crippen LogP contribution in [0, 0.1) is 11.8 Å². The lowest BCUT2D eigenvalue weighted by atomic mass is 10.1. The highest BCUT2D eigenvalue weighted by molar-refractivity contribution is 5.85. The van der Waals surface area contributed by atoms with Crippen molar-refractivity contribution in [1.29, 1.82) is 0 Å². The highest BCUT2D eigenvalue weighted by Crippen LogP contribution is 2.02. The molecule has 19 heavy (non-hydrogen) atoms. The van der Waals surface area contributed by atoms with Crippen molar-refractivity contribution in [2.45, 2.75) is 46.6 Å². The zero-order valence-corrected chi connectivity index (χ0v) is 13.0. The number of hydrogen-bond acceptors (Lipinski definition) is 5. The van der Waals surface area contributed by atoms with Crippen LogP contribution in [0.5, 0.6) is 0 Å². The van der Waals surface area contributed by atoms with E-state index in [9.17, 15) is 9.59 Å². The second-order valence-electron chi connectivity index (χ2n) is 5.25. The van der Waals surface area contributed by atoms with E-state index < -0.39 is 12.0 Å². The number of halogens is 1. The summed E-state index contributed by atoms with van der Waals surface area (Å²) in [6.07, 6.45) is 0.401. The van der Waals surface area contributed by atoms with E-state index in [1.807, 2.05) is 27.7 Å². The van der Waals surface area contributed by atoms with Gasteiger partial charge >= 0.3 is 11.9 Å². The maximum atomic E-state index is 11.4. The van der Waals surface area contributed by atoms with Gasteiger partial charge in [-0.05, 0) is 18.3 Å². The summed E-state index contributed by atoms with van der Waals surface area (Å²) < 4.78 is 9.96. The van der Waals surface area contributed by atoms with Crippen molar-refractivity contribution in [2.24, 2.45) is 17.6 Å². The van der Waals surface area contributed by atoms with Gasteiger partial charge in [0.2, 0.25) is 0 Å².